The highest BCUT2D eigenvalue weighted by molar-refractivity contribution is 8.01. The molecular formula is C22H24N4O2S3. The van der Waals surface area contributed by atoms with Crippen molar-refractivity contribution >= 4 is 57.1 Å². The number of anilines is 2. The van der Waals surface area contributed by atoms with Gasteiger partial charge in [-0.3, -0.25) is 14.9 Å². The molecule has 3 aromatic rings. The summed E-state index contributed by atoms with van der Waals surface area (Å²) >= 11 is 4.25. The summed E-state index contributed by atoms with van der Waals surface area (Å²) in [5.41, 5.74) is 1.55. The lowest BCUT2D eigenvalue weighted by atomic mass is 9.83. The van der Waals surface area contributed by atoms with Crippen molar-refractivity contribution in [3.05, 3.63) is 52.2 Å². The van der Waals surface area contributed by atoms with E-state index in [0.29, 0.717) is 9.47 Å². The average molecular weight is 473 g/mol. The van der Waals surface area contributed by atoms with E-state index in [1.54, 1.807) is 11.3 Å². The van der Waals surface area contributed by atoms with E-state index in [-0.39, 0.29) is 17.6 Å². The van der Waals surface area contributed by atoms with Crippen molar-refractivity contribution in [2.75, 3.05) is 16.4 Å². The molecule has 2 aromatic heterocycles. The van der Waals surface area contributed by atoms with Crippen LogP contribution in [-0.2, 0) is 21.4 Å². The van der Waals surface area contributed by atoms with Gasteiger partial charge >= 0.3 is 0 Å². The standard InChI is InChI=1S/C22H24N4O2S3/c1-2-15-7-9-16(10-8-15)23-18(27)14-30-21-26-25-20(31-21)24-19(28)22(11-3-4-12-22)17-6-5-13-29-17/h5-10,13H,2-4,11-12,14H2,1H3,(H,23,27)(H,24,25,28). The minimum atomic E-state index is -0.458. The first-order valence-electron chi connectivity index (χ1n) is 10.3. The summed E-state index contributed by atoms with van der Waals surface area (Å²) in [5, 5.41) is 16.6. The molecule has 4 rings (SSSR count). The molecule has 0 spiro atoms. The zero-order valence-corrected chi connectivity index (χ0v) is 19.7. The fraction of sp³-hybridized carbons (Fsp3) is 0.364. The molecule has 162 valence electrons. The van der Waals surface area contributed by atoms with Gasteiger partial charge in [0.1, 0.15) is 0 Å². The number of hydrogen-bond acceptors (Lipinski definition) is 7. The number of hydrogen-bond donors (Lipinski definition) is 2. The number of carbonyl (C=O) groups is 2. The quantitative estimate of drug-likeness (QED) is 0.341. The third-order valence-corrected chi connectivity index (χ3v) is 8.53. The predicted octanol–water partition coefficient (Wildman–Crippen LogP) is 5.34. The lowest BCUT2D eigenvalue weighted by molar-refractivity contribution is -0.121. The molecule has 31 heavy (non-hydrogen) atoms. The number of aromatic nitrogens is 2. The van der Waals surface area contributed by atoms with Crippen molar-refractivity contribution in [1.82, 2.24) is 10.2 Å². The van der Waals surface area contributed by atoms with Gasteiger partial charge in [0, 0.05) is 10.6 Å². The van der Waals surface area contributed by atoms with Crippen molar-refractivity contribution in [2.45, 2.75) is 48.8 Å². The zero-order valence-electron chi connectivity index (χ0n) is 17.2. The number of aryl methyl sites for hydroxylation is 1. The van der Waals surface area contributed by atoms with Crippen molar-refractivity contribution in [3.63, 3.8) is 0 Å². The molecule has 0 unspecified atom stereocenters. The molecule has 1 aliphatic rings. The van der Waals surface area contributed by atoms with Gasteiger partial charge < -0.3 is 5.32 Å². The number of thiophene rings is 1. The highest BCUT2D eigenvalue weighted by Crippen LogP contribution is 2.44. The van der Waals surface area contributed by atoms with E-state index in [4.69, 9.17) is 0 Å². The molecular weight excluding hydrogens is 448 g/mol. The highest BCUT2D eigenvalue weighted by Gasteiger charge is 2.43. The van der Waals surface area contributed by atoms with Crippen LogP contribution in [0.5, 0.6) is 0 Å². The zero-order chi connectivity index (χ0) is 21.7. The molecule has 2 N–H and O–H groups in total. The van der Waals surface area contributed by atoms with Gasteiger partial charge in [0.05, 0.1) is 11.2 Å². The molecule has 1 aliphatic carbocycles. The van der Waals surface area contributed by atoms with Gasteiger partial charge in [0.25, 0.3) is 0 Å². The Labute approximate surface area is 193 Å². The number of thioether (sulfide) groups is 1. The van der Waals surface area contributed by atoms with Crippen LogP contribution in [0.1, 0.15) is 43.0 Å². The van der Waals surface area contributed by atoms with Gasteiger partial charge in [-0.05, 0) is 48.4 Å². The topological polar surface area (TPSA) is 84.0 Å². The Kier molecular flexibility index (Phi) is 7.04. The van der Waals surface area contributed by atoms with E-state index in [9.17, 15) is 9.59 Å². The fourth-order valence-electron chi connectivity index (χ4n) is 3.80. The number of nitrogens with one attached hydrogen (secondary N) is 2. The van der Waals surface area contributed by atoms with E-state index >= 15 is 0 Å². The van der Waals surface area contributed by atoms with Crippen LogP contribution >= 0.6 is 34.4 Å². The maximum absolute atomic E-state index is 13.1. The first kappa shape index (κ1) is 22.0. The largest absolute Gasteiger partial charge is 0.325 e. The Hall–Kier alpha value is -2.23. The Morgan fingerprint density at radius 3 is 2.55 bits per heavy atom. The van der Waals surface area contributed by atoms with Crippen molar-refractivity contribution in [2.24, 2.45) is 0 Å². The SMILES string of the molecule is CCc1ccc(NC(=O)CSc2nnc(NC(=O)C3(c4cccs4)CCCC3)s2)cc1. The Morgan fingerprint density at radius 1 is 1.10 bits per heavy atom. The van der Waals surface area contributed by atoms with Gasteiger partial charge in [0.2, 0.25) is 16.9 Å². The third-order valence-electron chi connectivity index (χ3n) is 5.48. The molecule has 1 saturated carbocycles. The number of rotatable bonds is 8. The Bertz CT molecular complexity index is 1030. The van der Waals surface area contributed by atoms with Crippen LogP contribution in [0.2, 0.25) is 0 Å². The predicted molar refractivity (Wildman–Crippen MR) is 128 cm³/mol. The van der Waals surface area contributed by atoms with E-state index in [0.717, 1.165) is 42.7 Å². The average Bonchev–Trinajstić information content (AvgIpc) is 3.54. The summed E-state index contributed by atoms with van der Waals surface area (Å²) in [4.78, 5) is 26.5. The molecule has 6 nitrogen and oxygen atoms in total. The minimum Gasteiger partial charge on any atom is -0.325 e. The molecule has 0 bridgehead atoms. The van der Waals surface area contributed by atoms with Crippen LogP contribution in [0, 0.1) is 0 Å². The number of amides is 2. The molecule has 2 amide bonds. The molecule has 1 fully saturated rings. The molecule has 0 atom stereocenters. The van der Waals surface area contributed by atoms with Gasteiger partial charge in [-0.1, -0.05) is 61.1 Å². The van der Waals surface area contributed by atoms with E-state index < -0.39 is 5.41 Å². The summed E-state index contributed by atoms with van der Waals surface area (Å²) in [5.74, 6) is 0.128. The van der Waals surface area contributed by atoms with E-state index in [1.165, 1.54) is 28.7 Å². The molecule has 0 radical (unpaired) electrons. The van der Waals surface area contributed by atoms with Gasteiger partial charge in [-0.2, -0.15) is 0 Å². The summed E-state index contributed by atoms with van der Waals surface area (Å²) in [7, 11) is 0. The fourth-order valence-corrected chi connectivity index (χ4v) is 6.33. The summed E-state index contributed by atoms with van der Waals surface area (Å²) in [6.07, 6.45) is 4.80. The molecule has 1 aromatic carbocycles. The van der Waals surface area contributed by atoms with Crippen molar-refractivity contribution < 1.29 is 9.59 Å². The molecule has 0 saturated heterocycles. The maximum atomic E-state index is 13.1. The van der Waals surface area contributed by atoms with Crippen LogP contribution in [0.15, 0.2) is 46.1 Å². The number of benzene rings is 1. The van der Waals surface area contributed by atoms with Crippen molar-refractivity contribution in [1.29, 1.82) is 0 Å². The van der Waals surface area contributed by atoms with Gasteiger partial charge in [-0.15, -0.1) is 21.5 Å². The lowest BCUT2D eigenvalue weighted by Gasteiger charge is -2.25. The summed E-state index contributed by atoms with van der Waals surface area (Å²) in [6, 6.07) is 11.9. The second kappa shape index (κ2) is 9.93. The Morgan fingerprint density at radius 2 is 1.87 bits per heavy atom. The Balaban J connectivity index is 1.32. The number of carbonyl (C=O) groups excluding carboxylic acids is 2. The molecule has 0 aliphatic heterocycles. The van der Waals surface area contributed by atoms with Crippen LogP contribution in [0.25, 0.3) is 0 Å². The third kappa shape index (κ3) is 5.16. The first-order chi connectivity index (χ1) is 15.1. The van der Waals surface area contributed by atoms with Crippen LogP contribution in [0.4, 0.5) is 10.8 Å². The van der Waals surface area contributed by atoms with Crippen molar-refractivity contribution in [3.8, 4) is 0 Å². The number of nitrogens with zero attached hydrogens (tertiary/aromatic N) is 2. The normalized spacial score (nSPS) is 15.0. The van der Waals surface area contributed by atoms with Gasteiger partial charge in [-0.25, -0.2) is 0 Å². The second-order valence-corrected chi connectivity index (χ2v) is 10.6. The molecule has 9 heteroatoms. The van der Waals surface area contributed by atoms with Crippen LogP contribution < -0.4 is 10.6 Å². The second-order valence-electron chi connectivity index (χ2n) is 7.48. The van der Waals surface area contributed by atoms with Crippen LogP contribution in [-0.4, -0.2) is 27.8 Å². The maximum Gasteiger partial charge on any atom is 0.237 e. The summed E-state index contributed by atoms with van der Waals surface area (Å²) in [6.45, 7) is 2.10. The first-order valence-corrected chi connectivity index (χ1v) is 13.0. The monoisotopic (exact) mass is 472 g/mol. The van der Waals surface area contributed by atoms with E-state index in [1.807, 2.05) is 41.8 Å². The van der Waals surface area contributed by atoms with E-state index in [2.05, 4.69) is 27.8 Å². The smallest absolute Gasteiger partial charge is 0.237 e. The minimum absolute atomic E-state index is 0.00609. The lowest BCUT2D eigenvalue weighted by Crippen LogP contribution is -2.37. The van der Waals surface area contributed by atoms with Gasteiger partial charge in [0.15, 0.2) is 4.34 Å². The summed E-state index contributed by atoms with van der Waals surface area (Å²) < 4.78 is 0.656. The molecule has 2 heterocycles. The highest BCUT2D eigenvalue weighted by atomic mass is 32.2. The van der Waals surface area contributed by atoms with Crippen LogP contribution in [0.3, 0.4) is 0 Å².